The SMILES string of the molecule is CCSCCCC1(C(=O)O)CC2CC2C1. The summed E-state index contributed by atoms with van der Waals surface area (Å²) in [4.78, 5) is 11.3. The summed E-state index contributed by atoms with van der Waals surface area (Å²) in [6.07, 6.45) is 5.21. The zero-order chi connectivity index (χ0) is 10.9. The van der Waals surface area contributed by atoms with Crippen molar-refractivity contribution in [2.24, 2.45) is 17.3 Å². The van der Waals surface area contributed by atoms with Gasteiger partial charge in [-0.1, -0.05) is 6.92 Å². The van der Waals surface area contributed by atoms with E-state index in [-0.39, 0.29) is 5.41 Å². The van der Waals surface area contributed by atoms with Crippen LogP contribution in [0, 0.1) is 17.3 Å². The Hall–Kier alpha value is -0.180. The summed E-state index contributed by atoms with van der Waals surface area (Å²) in [5, 5.41) is 9.35. The third-order valence-electron chi connectivity index (χ3n) is 3.98. The molecule has 2 fully saturated rings. The minimum atomic E-state index is -0.531. The molecule has 0 amide bonds. The molecule has 0 saturated heterocycles. The van der Waals surface area contributed by atoms with Gasteiger partial charge in [-0.3, -0.25) is 4.79 Å². The fourth-order valence-electron chi connectivity index (χ4n) is 3.04. The van der Waals surface area contributed by atoms with Crippen LogP contribution in [0.25, 0.3) is 0 Å². The topological polar surface area (TPSA) is 37.3 Å². The van der Waals surface area contributed by atoms with Crippen LogP contribution in [0.4, 0.5) is 0 Å². The number of rotatable bonds is 6. The van der Waals surface area contributed by atoms with E-state index in [0.717, 1.165) is 49.0 Å². The van der Waals surface area contributed by atoms with E-state index in [0.29, 0.717) is 0 Å². The first-order chi connectivity index (χ1) is 7.18. The van der Waals surface area contributed by atoms with Crippen molar-refractivity contribution in [1.82, 2.24) is 0 Å². The van der Waals surface area contributed by atoms with Crippen molar-refractivity contribution in [3.05, 3.63) is 0 Å². The molecule has 2 nitrogen and oxygen atoms in total. The van der Waals surface area contributed by atoms with E-state index < -0.39 is 5.97 Å². The highest BCUT2D eigenvalue weighted by molar-refractivity contribution is 7.99. The lowest BCUT2D eigenvalue weighted by atomic mass is 9.79. The predicted octanol–water partition coefficient (Wildman–Crippen LogP) is 3.02. The van der Waals surface area contributed by atoms with E-state index in [4.69, 9.17) is 0 Å². The molecular weight excluding hydrogens is 208 g/mol. The van der Waals surface area contributed by atoms with Gasteiger partial charge in [-0.15, -0.1) is 0 Å². The molecule has 0 radical (unpaired) electrons. The fourth-order valence-corrected chi connectivity index (χ4v) is 3.68. The van der Waals surface area contributed by atoms with Crippen LogP contribution in [0.15, 0.2) is 0 Å². The average molecular weight is 228 g/mol. The van der Waals surface area contributed by atoms with Crippen LogP contribution in [0.2, 0.25) is 0 Å². The van der Waals surface area contributed by atoms with Crippen LogP contribution in [-0.2, 0) is 4.79 Å². The van der Waals surface area contributed by atoms with Gasteiger partial charge in [-0.25, -0.2) is 0 Å². The van der Waals surface area contributed by atoms with E-state index in [1.807, 2.05) is 11.8 Å². The van der Waals surface area contributed by atoms with E-state index in [2.05, 4.69) is 6.92 Å². The maximum Gasteiger partial charge on any atom is 0.309 e. The lowest BCUT2D eigenvalue weighted by molar-refractivity contribution is -0.149. The number of fused-ring (bicyclic) bond motifs is 1. The lowest BCUT2D eigenvalue weighted by Gasteiger charge is -2.25. The molecule has 2 atom stereocenters. The van der Waals surface area contributed by atoms with E-state index in [1.165, 1.54) is 6.42 Å². The van der Waals surface area contributed by atoms with Crippen LogP contribution in [0.3, 0.4) is 0 Å². The highest BCUT2D eigenvalue weighted by Crippen LogP contribution is 2.61. The smallest absolute Gasteiger partial charge is 0.309 e. The summed E-state index contributed by atoms with van der Waals surface area (Å²) in [5.74, 6) is 3.27. The quantitative estimate of drug-likeness (QED) is 0.710. The van der Waals surface area contributed by atoms with Crippen LogP contribution < -0.4 is 0 Å². The minimum absolute atomic E-state index is 0.331. The Bertz CT molecular complexity index is 242. The molecule has 0 bridgehead atoms. The van der Waals surface area contributed by atoms with Crippen molar-refractivity contribution < 1.29 is 9.90 Å². The van der Waals surface area contributed by atoms with Gasteiger partial charge in [0.05, 0.1) is 5.41 Å². The van der Waals surface area contributed by atoms with Gasteiger partial charge in [-0.05, 0) is 55.4 Å². The highest BCUT2D eigenvalue weighted by atomic mass is 32.2. The van der Waals surface area contributed by atoms with Gasteiger partial charge in [0.2, 0.25) is 0 Å². The van der Waals surface area contributed by atoms with Gasteiger partial charge < -0.3 is 5.11 Å². The van der Waals surface area contributed by atoms with Gasteiger partial charge >= 0.3 is 5.97 Å². The van der Waals surface area contributed by atoms with Gasteiger partial charge in [0.25, 0.3) is 0 Å². The Morgan fingerprint density at radius 2 is 2.13 bits per heavy atom. The maximum absolute atomic E-state index is 11.3. The summed E-state index contributed by atoms with van der Waals surface area (Å²) >= 11 is 1.92. The van der Waals surface area contributed by atoms with E-state index >= 15 is 0 Å². The van der Waals surface area contributed by atoms with Crippen molar-refractivity contribution in [3.8, 4) is 0 Å². The zero-order valence-electron chi connectivity index (χ0n) is 9.37. The first kappa shape index (κ1) is 11.3. The molecule has 0 heterocycles. The third kappa shape index (κ3) is 2.32. The Morgan fingerprint density at radius 3 is 2.67 bits per heavy atom. The normalized spacial score (nSPS) is 37.7. The van der Waals surface area contributed by atoms with Crippen LogP contribution in [-0.4, -0.2) is 22.6 Å². The van der Waals surface area contributed by atoms with Crippen LogP contribution in [0.1, 0.15) is 39.0 Å². The molecule has 15 heavy (non-hydrogen) atoms. The molecule has 86 valence electrons. The molecule has 2 rings (SSSR count). The Morgan fingerprint density at radius 1 is 1.47 bits per heavy atom. The Labute approximate surface area is 95.8 Å². The monoisotopic (exact) mass is 228 g/mol. The minimum Gasteiger partial charge on any atom is -0.481 e. The van der Waals surface area contributed by atoms with Gasteiger partial charge in [0, 0.05) is 0 Å². The second-order valence-corrected chi connectivity index (χ2v) is 6.44. The number of carboxylic acid groups (broad SMARTS) is 1. The molecule has 2 aliphatic rings. The number of carboxylic acids is 1. The summed E-state index contributed by atoms with van der Waals surface area (Å²) < 4.78 is 0. The van der Waals surface area contributed by atoms with Crippen LogP contribution >= 0.6 is 11.8 Å². The molecule has 0 aromatic rings. The van der Waals surface area contributed by atoms with E-state index in [9.17, 15) is 9.90 Å². The molecule has 2 aliphatic carbocycles. The summed E-state index contributed by atoms with van der Waals surface area (Å²) in [6, 6.07) is 0. The number of thioether (sulfide) groups is 1. The summed E-state index contributed by atoms with van der Waals surface area (Å²) in [6.45, 7) is 2.16. The van der Waals surface area contributed by atoms with Crippen LogP contribution in [0.5, 0.6) is 0 Å². The highest BCUT2D eigenvalue weighted by Gasteiger charge is 2.56. The molecule has 0 aromatic carbocycles. The van der Waals surface area contributed by atoms with Crippen molar-refractivity contribution in [2.45, 2.75) is 39.0 Å². The predicted molar refractivity (Wildman–Crippen MR) is 63.1 cm³/mol. The number of hydrogen-bond acceptors (Lipinski definition) is 2. The molecule has 0 aromatic heterocycles. The maximum atomic E-state index is 11.3. The first-order valence-corrected chi connectivity index (χ1v) is 7.14. The standard InChI is InChI=1S/C12H20O2S/c1-2-15-5-3-4-12(11(13)14)7-9-6-10(9)8-12/h9-10H,2-8H2,1H3,(H,13,14). The fraction of sp³-hybridized carbons (Fsp3) is 0.917. The largest absolute Gasteiger partial charge is 0.481 e. The number of carbonyl (C=O) groups is 1. The molecular formula is C12H20O2S. The molecule has 1 N–H and O–H groups in total. The number of aliphatic carboxylic acids is 1. The molecule has 0 aliphatic heterocycles. The summed E-state index contributed by atoms with van der Waals surface area (Å²) in [7, 11) is 0. The third-order valence-corrected chi connectivity index (χ3v) is 4.96. The van der Waals surface area contributed by atoms with Gasteiger partial charge in [0.1, 0.15) is 0 Å². The van der Waals surface area contributed by atoms with Gasteiger partial charge in [0.15, 0.2) is 0 Å². The first-order valence-electron chi connectivity index (χ1n) is 5.99. The second-order valence-electron chi connectivity index (χ2n) is 5.05. The van der Waals surface area contributed by atoms with Gasteiger partial charge in [-0.2, -0.15) is 11.8 Å². The molecule has 2 unspecified atom stereocenters. The van der Waals surface area contributed by atoms with E-state index in [1.54, 1.807) is 0 Å². The molecule has 3 heteroatoms. The van der Waals surface area contributed by atoms with Crippen molar-refractivity contribution >= 4 is 17.7 Å². The average Bonchev–Trinajstić information content (AvgIpc) is 2.82. The molecule has 0 spiro atoms. The zero-order valence-corrected chi connectivity index (χ0v) is 10.2. The lowest BCUT2D eigenvalue weighted by Crippen LogP contribution is -2.29. The number of hydrogen-bond donors (Lipinski definition) is 1. The Balaban J connectivity index is 1.82. The Kier molecular flexibility index (Phi) is 3.29. The second kappa shape index (κ2) is 4.36. The molecule has 2 saturated carbocycles. The van der Waals surface area contributed by atoms with Crippen molar-refractivity contribution in [1.29, 1.82) is 0 Å². The van der Waals surface area contributed by atoms with Crippen molar-refractivity contribution in [3.63, 3.8) is 0 Å². The summed E-state index contributed by atoms with van der Waals surface area (Å²) in [5.41, 5.74) is -0.331. The van der Waals surface area contributed by atoms with Crippen molar-refractivity contribution in [2.75, 3.05) is 11.5 Å².